The van der Waals surface area contributed by atoms with Crippen molar-refractivity contribution >= 4 is 0 Å². The third-order valence-electron chi connectivity index (χ3n) is 0.333. The van der Waals surface area contributed by atoms with Gasteiger partial charge in [-0.2, -0.15) is 0 Å². The molecule has 1 nitrogen and oxygen atoms in total. The monoisotopic (exact) mass is 72.1 g/mol. The Kier molecular flexibility index (Phi) is 16.5. The molecule has 0 unspecified atom stereocenters. The highest BCUT2D eigenvalue weighted by molar-refractivity contribution is 4.68. The topological polar surface area (TPSA) is 28.5 Å². The summed E-state index contributed by atoms with van der Waals surface area (Å²) in [6.07, 6.45) is 4.00. The van der Waals surface area contributed by atoms with E-state index in [1.54, 1.807) is 0 Å². The highest BCUT2D eigenvalue weighted by atomic mass is 16.0. The predicted molar refractivity (Wildman–Crippen MR) is 21.2 cm³/mol. The maximum Gasteiger partial charge on any atom is 0 e. The van der Waals surface area contributed by atoms with Crippen LogP contribution in [0, 0.1) is 0 Å². The fraction of sp³-hybridized carbons (Fsp3) is 0.500. The van der Waals surface area contributed by atoms with Gasteiger partial charge >= 0.3 is 0 Å². The first-order valence-corrected chi connectivity index (χ1v) is 1.49. The van der Waals surface area contributed by atoms with Crippen molar-refractivity contribution in [3.05, 3.63) is 12.2 Å². The van der Waals surface area contributed by atoms with Crippen LogP contribution in [-0.4, -0.2) is 0 Å². The van der Waals surface area contributed by atoms with E-state index in [9.17, 15) is 0 Å². The molecule has 0 aromatic rings. The molecule has 0 aromatic carbocycles. The molecule has 0 aliphatic carbocycles. The molecule has 0 aromatic heterocycles. The number of allylic oxidation sites excluding steroid dienone is 2. The second-order valence-electron chi connectivity index (χ2n) is 0.667. The van der Waals surface area contributed by atoms with Gasteiger partial charge in [0.1, 0.15) is 0 Å². The molecule has 1 heteroatoms. The van der Waals surface area contributed by atoms with E-state index in [4.69, 9.17) is 0 Å². The Morgan fingerprint density at radius 1 is 1.00 bits per heavy atom. The van der Waals surface area contributed by atoms with Gasteiger partial charge in [-0.15, -0.1) is 0 Å². The molecule has 0 heterocycles. The predicted octanol–water partition coefficient (Wildman–Crippen LogP) is 1.46. The average Bonchev–Trinajstić information content (AvgIpc) is 1.37. The molecule has 0 N–H and O–H groups in total. The Hall–Kier alpha value is -0.300. The highest BCUT2D eigenvalue weighted by Gasteiger charge is 1.34. The molecule has 30 valence electrons. The van der Waals surface area contributed by atoms with Crippen LogP contribution in [0.25, 0.3) is 0 Å². The molecule has 0 atom stereocenters. The molecule has 0 spiro atoms. The highest BCUT2D eigenvalue weighted by Crippen LogP contribution is 1.57. The largest absolute Gasteiger partial charge is 0.0919 e. The van der Waals surface area contributed by atoms with Crippen LogP contribution in [0.1, 0.15) is 13.8 Å². The zero-order valence-corrected chi connectivity index (χ0v) is 3.56. The first kappa shape index (κ1) is 8.83. The molecule has 0 saturated carbocycles. The summed E-state index contributed by atoms with van der Waals surface area (Å²) in [6.45, 7) is 4.00. The third kappa shape index (κ3) is 21.8. The van der Waals surface area contributed by atoms with Crippen molar-refractivity contribution in [1.29, 1.82) is 0 Å². The lowest BCUT2D eigenvalue weighted by molar-refractivity contribution is 0.686. The molecule has 0 bridgehead atoms. The van der Waals surface area contributed by atoms with Crippen LogP contribution >= 0.6 is 0 Å². The Morgan fingerprint density at radius 2 is 1.20 bits per heavy atom. The third-order valence-corrected chi connectivity index (χ3v) is 0.333. The van der Waals surface area contributed by atoms with Crippen molar-refractivity contribution in [2.75, 3.05) is 0 Å². The van der Waals surface area contributed by atoms with Gasteiger partial charge in [-0.05, 0) is 13.8 Å². The molecule has 2 radical (unpaired) electrons. The first-order chi connectivity index (χ1) is 1.91. The van der Waals surface area contributed by atoms with E-state index in [0.717, 1.165) is 0 Å². The summed E-state index contributed by atoms with van der Waals surface area (Å²) in [5.74, 6) is 0. The summed E-state index contributed by atoms with van der Waals surface area (Å²) in [5, 5.41) is 0. The Morgan fingerprint density at radius 3 is 1.20 bits per heavy atom. The normalized spacial score (nSPS) is 7.60. The second-order valence-corrected chi connectivity index (χ2v) is 0.667. The molecule has 0 amide bonds. The molecule has 0 aliphatic heterocycles. The summed E-state index contributed by atoms with van der Waals surface area (Å²) in [5.41, 5.74) is 0. The summed E-state index contributed by atoms with van der Waals surface area (Å²) in [4.78, 5) is 0. The molecule has 0 fully saturated rings. The van der Waals surface area contributed by atoms with Crippen LogP contribution in [0.2, 0.25) is 0 Å². The Bertz CT molecular complexity index is 18.8. The minimum Gasteiger partial charge on any atom is -0.0919 e. The Balaban J connectivity index is 0. The fourth-order valence-electron chi connectivity index (χ4n) is 0. The first-order valence-electron chi connectivity index (χ1n) is 1.49. The Labute approximate surface area is 32.6 Å². The molecule has 0 rings (SSSR count). The van der Waals surface area contributed by atoms with Gasteiger partial charge in [0.05, 0.1) is 0 Å². The van der Waals surface area contributed by atoms with Gasteiger partial charge in [-0.25, -0.2) is 0 Å². The van der Waals surface area contributed by atoms with Gasteiger partial charge < -0.3 is 0 Å². The van der Waals surface area contributed by atoms with Crippen molar-refractivity contribution in [3.63, 3.8) is 0 Å². The maximum absolute atomic E-state index is 2.00. The minimum atomic E-state index is 0. The van der Waals surface area contributed by atoms with E-state index in [1.807, 2.05) is 26.0 Å². The van der Waals surface area contributed by atoms with Gasteiger partial charge in [0.25, 0.3) is 0 Å². The number of hydrogen-bond acceptors (Lipinski definition) is 0. The van der Waals surface area contributed by atoms with Crippen LogP contribution in [0.4, 0.5) is 0 Å². The standard InChI is InChI=1S/C4H8.O/c1-3-4-2;/h3-4H,1-2H3;. The smallest absolute Gasteiger partial charge is 0 e. The van der Waals surface area contributed by atoms with E-state index < -0.39 is 0 Å². The van der Waals surface area contributed by atoms with Crippen molar-refractivity contribution < 1.29 is 5.48 Å². The lowest BCUT2D eigenvalue weighted by Crippen LogP contribution is -1.26. The van der Waals surface area contributed by atoms with Gasteiger partial charge in [0.15, 0.2) is 0 Å². The summed E-state index contributed by atoms with van der Waals surface area (Å²) >= 11 is 0. The van der Waals surface area contributed by atoms with E-state index in [0.29, 0.717) is 0 Å². The van der Waals surface area contributed by atoms with Crippen molar-refractivity contribution in [1.82, 2.24) is 0 Å². The summed E-state index contributed by atoms with van der Waals surface area (Å²) in [6, 6.07) is 0. The van der Waals surface area contributed by atoms with Crippen LogP contribution in [0.5, 0.6) is 0 Å². The zero-order chi connectivity index (χ0) is 3.41. The fourth-order valence-corrected chi connectivity index (χ4v) is 0. The SMILES string of the molecule is CC=CC.[O]. The molecule has 5 heavy (non-hydrogen) atoms. The van der Waals surface area contributed by atoms with E-state index in [1.165, 1.54) is 0 Å². The van der Waals surface area contributed by atoms with Crippen LogP contribution in [-0.2, 0) is 5.48 Å². The molecule has 0 aliphatic rings. The average molecular weight is 72.1 g/mol. The summed E-state index contributed by atoms with van der Waals surface area (Å²) in [7, 11) is 0. The molecule has 0 saturated heterocycles. The van der Waals surface area contributed by atoms with Crippen LogP contribution in [0.15, 0.2) is 12.2 Å². The quantitative estimate of drug-likeness (QED) is 0.388. The van der Waals surface area contributed by atoms with E-state index in [2.05, 4.69) is 0 Å². The number of rotatable bonds is 0. The zero-order valence-electron chi connectivity index (χ0n) is 3.56. The van der Waals surface area contributed by atoms with Crippen LogP contribution < -0.4 is 0 Å². The maximum atomic E-state index is 2.00. The van der Waals surface area contributed by atoms with E-state index >= 15 is 0 Å². The van der Waals surface area contributed by atoms with Crippen LogP contribution in [0.3, 0.4) is 0 Å². The van der Waals surface area contributed by atoms with Gasteiger partial charge in [0, 0.05) is 5.48 Å². The van der Waals surface area contributed by atoms with Gasteiger partial charge in [-0.1, -0.05) is 12.2 Å². The lowest BCUT2D eigenvalue weighted by Gasteiger charge is -1.49. The van der Waals surface area contributed by atoms with Crippen molar-refractivity contribution in [2.45, 2.75) is 13.8 Å². The lowest BCUT2D eigenvalue weighted by atomic mass is 10.6. The van der Waals surface area contributed by atoms with Gasteiger partial charge in [0.2, 0.25) is 0 Å². The number of hydrogen-bond donors (Lipinski definition) is 0. The van der Waals surface area contributed by atoms with Crippen molar-refractivity contribution in [2.24, 2.45) is 0 Å². The van der Waals surface area contributed by atoms with Gasteiger partial charge in [-0.3, -0.25) is 0 Å². The second kappa shape index (κ2) is 9.33. The molecular formula is C4H8O. The summed E-state index contributed by atoms with van der Waals surface area (Å²) < 4.78 is 0. The molecular weight excluding hydrogens is 64.0 g/mol. The minimum absolute atomic E-state index is 0. The van der Waals surface area contributed by atoms with E-state index in [-0.39, 0.29) is 5.48 Å². The van der Waals surface area contributed by atoms with Crippen molar-refractivity contribution in [3.8, 4) is 0 Å².